The van der Waals surface area contributed by atoms with E-state index >= 15 is 0 Å². The minimum Gasteiger partial charge on any atom is -0.344 e. The molecule has 0 aliphatic carbocycles. The molecule has 0 radical (unpaired) electrons. The van der Waals surface area contributed by atoms with Crippen molar-refractivity contribution >= 4 is 22.1 Å². The van der Waals surface area contributed by atoms with Crippen LogP contribution in [0, 0.1) is 0 Å². The smallest absolute Gasteiger partial charge is 0.0487 e. The number of rotatable bonds is 3. The normalized spacial score (nSPS) is 10.7. The molecule has 0 amide bonds. The van der Waals surface area contributed by atoms with Crippen molar-refractivity contribution in [1.29, 1.82) is 0 Å². The van der Waals surface area contributed by atoms with Gasteiger partial charge in [0.15, 0.2) is 0 Å². The lowest BCUT2D eigenvalue weighted by atomic mass is 9.96. The van der Waals surface area contributed by atoms with Crippen molar-refractivity contribution in [2.45, 2.75) is 0 Å². The van der Waals surface area contributed by atoms with Gasteiger partial charge in [-0.3, -0.25) is 0 Å². The Morgan fingerprint density at radius 1 is 0.542 bits per heavy atom. The molecule has 0 N–H and O–H groups in total. The van der Waals surface area contributed by atoms with Gasteiger partial charge in [-0.1, -0.05) is 78.9 Å². The summed E-state index contributed by atoms with van der Waals surface area (Å²) in [6.07, 6.45) is 0. The molecule has 4 aromatic carbocycles. The van der Waals surface area contributed by atoms with E-state index in [4.69, 9.17) is 0 Å². The molecule has 0 aromatic heterocycles. The fraction of sp³-hybridized carbons (Fsp3) is 0.0435. The minimum atomic E-state index is 1.19. The number of fused-ring (bicyclic) bond motifs is 1. The predicted molar refractivity (Wildman–Crippen MR) is 104 cm³/mol. The highest BCUT2D eigenvalue weighted by Crippen LogP contribution is 2.37. The van der Waals surface area contributed by atoms with Crippen LogP contribution < -0.4 is 4.90 Å². The number of para-hydroxylation sites is 2. The highest BCUT2D eigenvalue weighted by molar-refractivity contribution is 6.00. The van der Waals surface area contributed by atoms with E-state index in [0.717, 1.165) is 0 Å². The van der Waals surface area contributed by atoms with E-state index in [2.05, 4.69) is 103 Å². The number of benzene rings is 4. The van der Waals surface area contributed by atoms with E-state index in [1.54, 1.807) is 0 Å². The molecule has 0 spiro atoms. The Labute approximate surface area is 142 Å². The number of nitrogens with zero attached hydrogens (tertiary/aromatic N) is 1. The summed E-state index contributed by atoms with van der Waals surface area (Å²) in [6.45, 7) is 0. The zero-order chi connectivity index (χ0) is 16.4. The first-order valence-electron chi connectivity index (χ1n) is 8.20. The Morgan fingerprint density at radius 3 is 2.04 bits per heavy atom. The Balaban J connectivity index is 1.91. The van der Waals surface area contributed by atoms with Crippen LogP contribution in [0.15, 0.2) is 97.1 Å². The van der Waals surface area contributed by atoms with Gasteiger partial charge in [-0.25, -0.2) is 0 Å². The Kier molecular flexibility index (Phi) is 3.76. The molecule has 0 saturated carbocycles. The van der Waals surface area contributed by atoms with Crippen LogP contribution >= 0.6 is 0 Å². The van der Waals surface area contributed by atoms with Crippen LogP contribution in [0.5, 0.6) is 0 Å². The monoisotopic (exact) mass is 309 g/mol. The van der Waals surface area contributed by atoms with Crippen LogP contribution in [0.2, 0.25) is 0 Å². The maximum absolute atomic E-state index is 2.25. The summed E-state index contributed by atoms with van der Waals surface area (Å²) < 4.78 is 0. The van der Waals surface area contributed by atoms with E-state index in [1.165, 1.54) is 33.3 Å². The van der Waals surface area contributed by atoms with Crippen molar-refractivity contribution in [3.8, 4) is 11.1 Å². The van der Waals surface area contributed by atoms with Crippen LogP contribution in [0.3, 0.4) is 0 Å². The van der Waals surface area contributed by atoms with Gasteiger partial charge in [0.1, 0.15) is 0 Å². The molecule has 0 fully saturated rings. The minimum absolute atomic E-state index is 1.19. The Morgan fingerprint density at radius 2 is 1.17 bits per heavy atom. The molecule has 24 heavy (non-hydrogen) atoms. The average Bonchev–Trinajstić information content (AvgIpc) is 2.68. The first-order valence-corrected chi connectivity index (χ1v) is 8.20. The molecule has 0 unspecified atom stereocenters. The van der Waals surface area contributed by atoms with Gasteiger partial charge in [-0.2, -0.15) is 0 Å². The maximum atomic E-state index is 2.25. The van der Waals surface area contributed by atoms with Crippen LogP contribution in [0.4, 0.5) is 11.4 Å². The third-order valence-corrected chi connectivity index (χ3v) is 4.49. The van der Waals surface area contributed by atoms with Gasteiger partial charge in [-0.05, 0) is 34.5 Å². The number of anilines is 2. The van der Waals surface area contributed by atoms with Crippen molar-refractivity contribution in [2.75, 3.05) is 11.9 Å². The van der Waals surface area contributed by atoms with Crippen molar-refractivity contribution < 1.29 is 0 Å². The number of hydrogen-bond acceptors (Lipinski definition) is 1. The van der Waals surface area contributed by atoms with Gasteiger partial charge >= 0.3 is 0 Å². The van der Waals surface area contributed by atoms with Crippen LogP contribution in [-0.2, 0) is 0 Å². The lowest BCUT2D eigenvalue weighted by molar-refractivity contribution is 1.21. The highest BCUT2D eigenvalue weighted by Gasteiger charge is 2.12. The van der Waals surface area contributed by atoms with E-state index in [-0.39, 0.29) is 0 Å². The summed E-state index contributed by atoms with van der Waals surface area (Å²) in [6, 6.07) is 34.2. The summed E-state index contributed by atoms with van der Waals surface area (Å²) in [7, 11) is 2.12. The van der Waals surface area contributed by atoms with Gasteiger partial charge in [0.05, 0.1) is 0 Å². The van der Waals surface area contributed by atoms with Crippen LogP contribution in [0.25, 0.3) is 21.9 Å². The van der Waals surface area contributed by atoms with Crippen molar-refractivity contribution in [3.05, 3.63) is 97.1 Å². The van der Waals surface area contributed by atoms with Gasteiger partial charge in [0.25, 0.3) is 0 Å². The van der Waals surface area contributed by atoms with E-state index in [1.807, 2.05) is 6.07 Å². The first-order chi connectivity index (χ1) is 11.8. The molecular formula is C23H19N. The largest absolute Gasteiger partial charge is 0.344 e. The van der Waals surface area contributed by atoms with Gasteiger partial charge in [0.2, 0.25) is 0 Å². The molecule has 4 aromatic rings. The molecule has 0 aliphatic rings. The molecule has 0 bridgehead atoms. The topological polar surface area (TPSA) is 3.24 Å². The second-order valence-corrected chi connectivity index (χ2v) is 5.94. The van der Waals surface area contributed by atoms with E-state index in [0.29, 0.717) is 0 Å². The Hall–Kier alpha value is -3.06. The fourth-order valence-corrected chi connectivity index (χ4v) is 3.24. The predicted octanol–water partition coefficient (Wildman–Crippen LogP) is 6.27. The maximum Gasteiger partial charge on any atom is 0.0487 e. The zero-order valence-electron chi connectivity index (χ0n) is 13.7. The van der Waals surface area contributed by atoms with Gasteiger partial charge in [0, 0.05) is 24.0 Å². The quantitative estimate of drug-likeness (QED) is 0.431. The second-order valence-electron chi connectivity index (χ2n) is 5.94. The second kappa shape index (κ2) is 6.21. The van der Waals surface area contributed by atoms with Gasteiger partial charge < -0.3 is 4.90 Å². The standard InChI is InChI=1S/C23H19N/c1-24(19-12-3-2-4-13-19)23-17-8-7-15-22(23)21-16-9-11-18-10-5-6-14-20(18)21/h2-17H,1H3. The molecule has 4 rings (SSSR count). The molecule has 0 atom stereocenters. The van der Waals surface area contributed by atoms with Crippen LogP contribution in [-0.4, -0.2) is 7.05 Å². The summed E-state index contributed by atoms with van der Waals surface area (Å²) in [5, 5.41) is 2.56. The molecule has 1 heteroatoms. The average molecular weight is 309 g/mol. The highest BCUT2D eigenvalue weighted by atomic mass is 15.1. The third kappa shape index (κ3) is 2.55. The van der Waals surface area contributed by atoms with Crippen LogP contribution in [0.1, 0.15) is 0 Å². The lowest BCUT2D eigenvalue weighted by Crippen LogP contribution is -2.10. The SMILES string of the molecule is CN(c1ccccc1)c1ccccc1-c1cccc2ccccc12. The molecule has 1 nitrogen and oxygen atoms in total. The summed E-state index contributed by atoms with van der Waals surface area (Å²) >= 11 is 0. The number of hydrogen-bond donors (Lipinski definition) is 0. The first kappa shape index (κ1) is 14.5. The third-order valence-electron chi connectivity index (χ3n) is 4.49. The fourth-order valence-electron chi connectivity index (χ4n) is 3.24. The van der Waals surface area contributed by atoms with Crippen molar-refractivity contribution in [3.63, 3.8) is 0 Å². The summed E-state index contributed by atoms with van der Waals surface area (Å²) in [4.78, 5) is 2.25. The van der Waals surface area contributed by atoms with Gasteiger partial charge in [-0.15, -0.1) is 0 Å². The molecule has 0 saturated heterocycles. The Bertz CT molecular complexity index is 968. The summed E-state index contributed by atoms with van der Waals surface area (Å²) in [5.41, 5.74) is 4.91. The van der Waals surface area contributed by atoms with E-state index < -0.39 is 0 Å². The molecule has 0 aliphatic heterocycles. The summed E-state index contributed by atoms with van der Waals surface area (Å²) in [5.74, 6) is 0. The molecule has 116 valence electrons. The molecular weight excluding hydrogens is 290 g/mol. The lowest BCUT2D eigenvalue weighted by Gasteiger charge is -2.23. The van der Waals surface area contributed by atoms with E-state index in [9.17, 15) is 0 Å². The molecule has 0 heterocycles. The van der Waals surface area contributed by atoms with Crippen molar-refractivity contribution in [2.24, 2.45) is 0 Å². The zero-order valence-corrected chi connectivity index (χ0v) is 13.7. The van der Waals surface area contributed by atoms with Crippen molar-refractivity contribution in [1.82, 2.24) is 0 Å².